The summed E-state index contributed by atoms with van der Waals surface area (Å²) < 4.78 is 10.5. The van der Waals surface area contributed by atoms with Crippen molar-refractivity contribution in [2.75, 3.05) is 33.4 Å². The van der Waals surface area contributed by atoms with Crippen LogP contribution < -0.4 is 5.32 Å². The molecular weight excluding hydrogens is 166 g/mol. The predicted octanol–water partition coefficient (Wildman–Crippen LogP) is 1.18. The van der Waals surface area contributed by atoms with Gasteiger partial charge >= 0.3 is 0 Å². The molecule has 0 bridgehead atoms. The van der Waals surface area contributed by atoms with E-state index in [4.69, 9.17) is 9.47 Å². The lowest BCUT2D eigenvalue weighted by atomic mass is 10.2. The largest absolute Gasteiger partial charge is 0.385 e. The van der Waals surface area contributed by atoms with E-state index < -0.39 is 0 Å². The second kappa shape index (κ2) is 7.30. The van der Waals surface area contributed by atoms with Crippen LogP contribution in [0.1, 0.15) is 25.7 Å². The lowest BCUT2D eigenvalue weighted by Crippen LogP contribution is -2.27. The summed E-state index contributed by atoms with van der Waals surface area (Å²) >= 11 is 0. The molecule has 3 nitrogen and oxygen atoms in total. The lowest BCUT2D eigenvalue weighted by Gasteiger charge is -2.10. The van der Waals surface area contributed by atoms with Gasteiger partial charge in [0.1, 0.15) is 0 Å². The molecule has 1 aliphatic rings. The fraction of sp³-hybridized carbons (Fsp3) is 1.00. The molecule has 1 atom stereocenters. The number of ether oxygens (including phenoxy) is 2. The van der Waals surface area contributed by atoms with Gasteiger partial charge in [0.15, 0.2) is 0 Å². The molecule has 1 unspecified atom stereocenters. The summed E-state index contributed by atoms with van der Waals surface area (Å²) in [5, 5.41) is 3.41. The summed E-state index contributed by atoms with van der Waals surface area (Å²) in [6, 6.07) is 0. The summed E-state index contributed by atoms with van der Waals surface area (Å²) in [7, 11) is 1.75. The molecule has 0 aliphatic carbocycles. The highest BCUT2D eigenvalue weighted by atomic mass is 16.5. The molecule has 1 rings (SSSR count). The molecule has 1 saturated heterocycles. The quantitative estimate of drug-likeness (QED) is 0.607. The first-order chi connectivity index (χ1) is 6.43. The highest BCUT2D eigenvalue weighted by Crippen LogP contribution is 2.10. The van der Waals surface area contributed by atoms with Crippen LogP contribution in [0.15, 0.2) is 0 Å². The van der Waals surface area contributed by atoms with Gasteiger partial charge < -0.3 is 14.8 Å². The molecule has 0 aromatic heterocycles. The molecule has 0 aromatic carbocycles. The van der Waals surface area contributed by atoms with Crippen molar-refractivity contribution in [3.63, 3.8) is 0 Å². The van der Waals surface area contributed by atoms with Gasteiger partial charge in [0.2, 0.25) is 0 Å². The van der Waals surface area contributed by atoms with Crippen LogP contribution in [0.25, 0.3) is 0 Å². The van der Waals surface area contributed by atoms with Gasteiger partial charge in [-0.15, -0.1) is 0 Å². The van der Waals surface area contributed by atoms with Gasteiger partial charge in [-0.3, -0.25) is 0 Å². The minimum Gasteiger partial charge on any atom is -0.385 e. The first-order valence-corrected chi connectivity index (χ1v) is 5.24. The Morgan fingerprint density at radius 2 is 2.38 bits per heavy atom. The molecular formula is C10H21NO2. The second-order valence-corrected chi connectivity index (χ2v) is 3.54. The Labute approximate surface area is 80.8 Å². The minimum atomic E-state index is 0.474. The van der Waals surface area contributed by atoms with Crippen molar-refractivity contribution >= 4 is 0 Å². The number of nitrogens with one attached hydrogen (secondary N) is 1. The first kappa shape index (κ1) is 11.0. The topological polar surface area (TPSA) is 30.5 Å². The molecule has 0 saturated carbocycles. The van der Waals surface area contributed by atoms with Gasteiger partial charge in [-0.2, -0.15) is 0 Å². The number of hydrogen-bond acceptors (Lipinski definition) is 3. The Bertz CT molecular complexity index is 113. The van der Waals surface area contributed by atoms with E-state index >= 15 is 0 Å². The Balaban J connectivity index is 1.78. The standard InChI is InChI=1S/C10H21NO2/c1-12-7-3-2-6-11-9-10-5-4-8-13-10/h10-11H,2-9H2,1H3. The summed E-state index contributed by atoms with van der Waals surface area (Å²) in [6.07, 6.45) is 5.28. The third-order valence-corrected chi connectivity index (χ3v) is 2.35. The molecule has 1 aliphatic heterocycles. The molecule has 0 amide bonds. The van der Waals surface area contributed by atoms with Crippen LogP contribution in [-0.2, 0) is 9.47 Å². The van der Waals surface area contributed by atoms with Gasteiger partial charge in [-0.05, 0) is 32.2 Å². The lowest BCUT2D eigenvalue weighted by molar-refractivity contribution is 0.110. The van der Waals surface area contributed by atoms with Crippen molar-refractivity contribution < 1.29 is 9.47 Å². The smallest absolute Gasteiger partial charge is 0.0700 e. The monoisotopic (exact) mass is 187 g/mol. The van der Waals surface area contributed by atoms with E-state index in [0.717, 1.165) is 32.7 Å². The summed E-state index contributed by atoms with van der Waals surface area (Å²) in [4.78, 5) is 0. The molecule has 0 radical (unpaired) electrons. The Hall–Kier alpha value is -0.120. The fourth-order valence-electron chi connectivity index (χ4n) is 1.56. The third kappa shape index (κ3) is 5.24. The molecule has 0 spiro atoms. The third-order valence-electron chi connectivity index (χ3n) is 2.35. The molecule has 1 heterocycles. The maximum atomic E-state index is 5.49. The first-order valence-electron chi connectivity index (χ1n) is 5.24. The van der Waals surface area contributed by atoms with E-state index in [0.29, 0.717) is 6.10 Å². The van der Waals surface area contributed by atoms with Crippen LogP contribution in [0.3, 0.4) is 0 Å². The molecule has 1 N–H and O–H groups in total. The van der Waals surface area contributed by atoms with E-state index in [1.54, 1.807) is 7.11 Å². The van der Waals surface area contributed by atoms with Gasteiger partial charge in [0, 0.05) is 26.9 Å². The number of rotatable bonds is 7. The van der Waals surface area contributed by atoms with E-state index in [1.165, 1.54) is 19.3 Å². The van der Waals surface area contributed by atoms with Crippen molar-refractivity contribution in [3.05, 3.63) is 0 Å². The average Bonchev–Trinajstić information content (AvgIpc) is 2.63. The molecule has 78 valence electrons. The average molecular weight is 187 g/mol. The predicted molar refractivity (Wildman–Crippen MR) is 53.0 cm³/mol. The molecule has 1 fully saturated rings. The summed E-state index contributed by atoms with van der Waals surface area (Å²) in [6.45, 7) is 3.94. The van der Waals surface area contributed by atoms with Crippen molar-refractivity contribution in [3.8, 4) is 0 Å². The zero-order valence-corrected chi connectivity index (χ0v) is 8.55. The van der Waals surface area contributed by atoms with Crippen molar-refractivity contribution in [1.82, 2.24) is 5.32 Å². The van der Waals surface area contributed by atoms with Crippen LogP contribution in [-0.4, -0.2) is 39.5 Å². The van der Waals surface area contributed by atoms with Gasteiger partial charge in [0.25, 0.3) is 0 Å². The second-order valence-electron chi connectivity index (χ2n) is 3.54. The number of unbranched alkanes of at least 4 members (excludes halogenated alkanes) is 1. The maximum Gasteiger partial charge on any atom is 0.0700 e. The Morgan fingerprint density at radius 3 is 3.08 bits per heavy atom. The van der Waals surface area contributed by atoms with Crippen LogP contribution in [0.4, 0.5) is 0 Å². The normalized spacial score (nSPS) is 22.4. The van der Waals surface area contributed by atoms with Gasteiger partial charge in [-0.1, -0.05) is 0 Å². The number of methoxy groups -OCH3 is 1. The van der Waals surface area contributed by atoms with Crippen LogP contribution in [0.2, 0.25) is 0 Å². The van der Waals surface area contributed by atoms with Gasteiger partial charge in [0.05, 0.1) is 6.10 Å². The molecule has 13 heavy (non-hydrogen) atoms. The van der Waals surface area contributed by atoms with Crippen LogP contribution in [0, 0.1) is 0 Å². The van der Waals surface area contributed by atoms with Crippen LogP contribution >= 0.6 is 0 Å². The summed E-state index contributed by atoms with van der Waals surface area (Å²) in [5.41, 5.74) is 0. The highest BCUT2D eigenvalue weighted by Gasteiger charge is 2.13. The van der Waals surface area contributed by atoms with E-state index in [2.05, 4.69) is 5.32 Å². The fourth-order valence-corrected chi connectivity index (χ4v) is 1.56. The minimum absolute atomic E-state index is 0.474. The molecule has 0 aromatic rings. The van der Waals surface area contributed by atoms with Crippen molar-refractivity contribution in [2.24, 2.45) is 0 Å². The summed E-state index contributed by atoms with van der Waals surface area (Å²) in [5.74, 6) is 0. The van der Waals surface area contributed by atoms with Crippen molar-refractivity contribution in [2.45, 2.75) is 31.8 Å². The van der Waals surface area contributed by atoms with E-state index in [9.17, 15) is 0 Å². The SMILES string of the molecule is COCCCCNCC1CCCO1. The Kier molecular flexibility index (Phi) is 6.15. The van der Waals surface area contributed by atoms with Crippen molar-refractivity contribution in [1.29, 1.82) is 0 Å². The molecule has 3 heteroatoms. The zero-order valence-electron chi connectivity index (χ0n) is 8.55. The zero-order chi connectivity index (χ0) is 9.36. The van der Waals surface area contributed by atoms with E-state index in [-0.39, 0.29) is 0 Å². The van der Waals surface area contributed by atoms with Gasteiger partial charge in [-0.25, -0.2) is 0 Å². The van der Waals surface area contributed by atoms with Crippen LogP contribution in [0.5, 0.6) is 0 Å². The van der Waals surface area contributed by atoms with E-state index in [1.807, 2.05) is 0 Å². The number of hydrogen-bond donors (Lipinski definition) is 1. The highest BCUT2D eigenvalue weighted by molar-refractivity contribution is 4.67. The maximum absolute atomic E-state index is 5.49. The Morgan fingerprint density at radius 1 is 1.46 bits per heavy atom.